The topological polar surface area (TPSA) is 61.0 Å². The van der Waals surface area contributed by atoms with E-state index in [2.05, 4.69) is 23.8 Å². The molecule has 0 saturated heterocycles. The fraction of sp³-hybridized carbons (Fsp3) is 0.667. The molecule has 1 rings (SSSR count). The highest BCUT2D eigenvalue weighted by Gasteiger charge is 2.09. The van der Waals surface area contributed by atoms with Crippen molar-refractivity contribution in [1.82, 2.24) is 9.97 Å². The maximum absolute atomic E-state index is 5.46. The van der Waals surface area contributed by atoms with Crippen molar-refractivity contribution in [2.24, 2.45) is 11.7 Å². The van der Waals surface area contributed by atoms with E-state index >= 15 is 0 Å². The monoisotopic (exact) mass is 223 g/mol. The molecule has 16 heavy (non-hydrogen) atoms. The van der Waals surface area contributed by atoms with Crippen LogP contribution in [0.5, 0.6) is 5.88 Å². The van der Waals surface area contributed by atoms with Gasteiger partial charge in [0.25, 0.3) is 0 Å². The molecule has 0 atom stereocenters. The van der Waals surface area contributed by atoms with E-state index in [9.17, 15) is 0 Å². The van der Waals surface area contributed by atoms with Crippen LogP contribution in [0.25, 0.3) is 0 Å². The molecular formula is C12H21N3O. The van der Waals surface area contributed by atoms with Crippen LogP contribution in [-0.4, -0.2) is 23.6 Å². The molecule has 2 N–H and O–H groups in total. The Balaban J connectivity index is 2.79. The molecule has 4 nitrogen and oxygen atoms in total. The van der Waals surface area contributed by atoms with E-state index in [-0.39, 0.29) is 0 Å². The minimum absolute atomic E-state index is 0.554. The molecule has 0 fully saturated rings. The normalized spacial score (nSPS) is 10.8. The number of aromatic nitrogens is 2. The fourth-order valence-corrected chi connectivity index (χ4v) is 1.53. The van der Waals surface area contributed by atoms with Crippen molar-refractivity contribution in [3.63, 3.8) is 0 Å². The van der Waals surface area contributed by atoms with Crippen molar-refractivity contribution in [3.05, 3.63) is 17.6 Å². The van der Waals surface area contributed by atoms with E-state index in [0.717, 1.165) is 30.7 Å². The molecule has 0 saturated carbocycles. The van der Waals surface area contributed by atoms with Crippen LogP contribution in [0, 0.1) is 5.92 Å². The Morgan fingerprint density at radius 1 is 1.44 bits per heavy atom. The van der Waals surface area contributed by atoms with Gasteiger partial charge >= 0.3 is 0 Å². The molecule has 1 aromatic rings. The predicted molar refractivity (Wildman–Crippen MR) is 64.5 cm³/mol. The summed E-state index contributed by atoms with van der Waals surface area (Å²) in [6, 6.07) is 0. The number of ether oxygens (including phenoxy) is 1. The van der Waals surface area contributed by atoms with Gasteiger partial charge in [-0.1, -0.05) is 13.8 Å². The maximum Gasteiger partial charge on any atom is 0.235 e. The van der Waals surface area contributed by atoms with E-state index in [4.69, 9.17) is 10.5 Å². The zero-order valence-corrected chi connectivity index (χ0v) is 10.4. The van der Waals surface area contributed by atoms with E-state index in [0.29, 0.717) is 18.3 Å². The third kappa shape index (κ3) is 3.77. The molecule has 0 unspecified atom stereocenters. The van der Waals surface area contributed by atoms with Gasteiger partial charge < -0.3 is 10.5 Å². The number of nitrogens with zero attached hydrogens (tertiary/aromatic N) is 2. The average molecular weight is 223 g/mol. The fourth-order valence-electron chi connectivity index (χ4n) is 1.53. The third-order valence-corrected chi connectivity index (χ3v) is 2.29. The van der Waals surface area contributed by atoms with Crippen molar-refractivity contribution < 1.29 is 4.74 Å². The van der Waals surface area contributed by atoms with Crippen molar-refractivity contribution in [3.8, 4) is 5.88 Å². The van der Waals surface area contributed by atoms with Crippen molar-refractivity contribution in [2.75, 3.05) is 13.7 Å². The van der Waals surface area contributed by atoms with Gasteiger partial charge in [-0.15, -0.1) is 0 Å². The molecule has 0 aliphatic heterocycles. The summed E-state index contributed by atoms with van der Waals surface area (Å²) < 4.78 is 5.26. The van der Waals surface area contributed by atoms with Gasteiger partial charge in [0.15, 0.2) is 0 Å². The first-order valence-electron chi connectivity index (χ1n) is 5.76. The Labute approximate surface area is 97.2 Å². The van der Waals surface area contributed by atoms with Crippen molar-refractivity contribution in [1.29, 1.82) is 0 Å². The molecule has 0 aliphatic carbocycles. The first kappa shape index (κ1) is 12.9. The second-order valence-corrected chi connectivity index (χ2v) is 4.31. The van der Waals surface area contributed by atoms with E-state index in [1.807, 2.05) is 6.20 Å². The van der Waals surface area contributed by atoms with Gasteiger partial charge in [-0.3, -0.25) is 4.98 Å². The third-order valence-electron chi connectivity index (χ3n) is 2.29. The second kappa shape index (κ2) is 6.43. The molecule has 0 bridgehead atoms. The van der Waals surface area contributed by atoms with Crippen LogP contribution in [0.15, 0.2) is 6.20 Å². The highest BCUT2D eigenvalue weighted by Crippen LogP contribution is 2.17. The van der Waals surface area contributed by atoms with Gasteiger partial charge in [-0.2, -0.15) is 0 Å². The zero-order valence-electron chi connectivity index (χ0n) is 10.4. The van der Waals surface area contributed by atoms with Crippen LogP contribution < -0.4 is 10.5 Å². The van der Waals surface area contributed by atoms with Crippen LogP contribution in [0.1, 0.15) is 31.7 Å². The van der Waals surface area contributed by atoms with E-state index in [1.54, 1.807) is 7.11 Å². The van der Waals surface area contributed by atoms with Crippen LogP contribution in [0.4, 0.5) is 0 Å². The second-order valence-electron chi connectivity index (χ2n) is 4.31. The molecule has 0 aliphatic rings. The van der Waals surface area contributed by atoms with Gasteiger partial charge in [-0.25, -0.2) is 4.98 Å². The Bertz CT molecular complexity index is 326. The molecule has 1 heterocycles. The first-order valence-corrected chi connectivity index (χ1v) is 5.76. The van der Waals surface area contributed by atoms with Crippen LogP contribution in [-0.2, 0) is 12.8 Å². The lowest BCUT2D eigenvalue weighted by atomic mass is 10.1. The lowest BCUT2D eigenvalue weighted by molar-refractivity contribution is 0.384. The summed E-state index contributed by atoms with van der Waals surface area (Å²) in [6.45, 7) is 4.99. The molecule has 1 aromatic heterocycles. The zero-order chi connectivity index (χ0) is 12.0. The van der Waals surface area contributed by atoms with Crippen LogP contribution in [0.3, 0.4) is 0 Å². The molecular weight excluding hydrogens is 202 g/mol. The smallest absolute Gasteiger partial charge is 0.235 e. The summed E-state index contributed by atoms with van der Waals surface area (Å²) in [5.74, 6) is 1.21. The highest BCUT2D eigenvalue weighted by molar-refractivity contribution is 5.20. The minimum atomic E-state index is 0.554. The number of methoxy groups -OCH3 is 1. The summed E-state index contributed by atoms with van der Waals surface area (Å²) >= 11 is 0. The van der Waals surface area contributed by atoms with Gasteiger partial charge in [0.05, 0.1) is 12.8 Å². The summed E-state index contributed by atoms with van der Waals surface area (Å²) in [5.41, 5.74) is 7.36. The number of rotatable bonds is 6. The Morgan fingerprint density at radius 3 is 2.75 bits per heavy atom. The Morgan fingerprint density at radius 2 is 2.19 bits per heavy atom. The molecule has 4 heteroatoms. The molecule has 0 radical (unpaired) electrons. The standard InChI is InChI=1S/C12H21N3O/c1-9(2)7-11-12(16-3)15-10(8-14-11)5-4-6-13/h8-9H,4-7,13H2,1-3H3. The van der Waals surface area contributed by atoms with Gasteiger partial charge in [0, 0.05) is 6.20 Å². The summed E-state index contributed by atoms with van der Waals surface area (Å²) in [5, 5.41) is 0. The van der Waals surface area contributed by atoms with Crippen LogP contribution in [0.2, 0.25) is 0 Å². The highest BCUT2D eigenvalue weighted by atomic mass is 16.5. The average Bonchev–Trinajstić information content (AvgIpc) is 2.27. The van der Waals surface area contributed by atoms with Gasteiger partial charge in [-0.05, 0) is 31.7 Å². The minimum Gasteiger partial charge on any atom is -0.480 e. The number of hydrogen-bond donors (Lipinski definition) is 1. The van der Waals surface area contributed by atoms with Crippen molar-refractivity contribution in [2.45, 2.75) is 33.1 Å². The Hall–Kier alpha value is -1.16. The molecule has 0 spiro atoms. The first-order chi connectivity index (χ1) is 7.67. The van der Waals surface area contributed by atoms with Crippen LogP contribution >= 0.6 is 0 Å². The van der Waals surface area contributed by atoms with E-state index in [1.165, 1.54) is 0 Å². The molecule has 90 valence electrons. The summed E-state index contributed by atoms with van der Waals surface area (Å²) in [4.78, 5) is 8.86. The summed E-state index contributed by atoms with van der Waals surface area (Å²) in [6.07, 6.45) is 4.52. The number of aryl methyl sites for hydroxylation is 1. The summed E-state index contributed by atoms with van der Waals surface area (Å²) in [7, 11) is 1.64. The molecule has 0 amide bonds. The predicted octanol–water partition coefficient (Wildman–Crippen LogP) is 1.57. The Kier molecular flexibility index (Phi) is 5.19. The molecule has 0 aromatic carbocycles. The number of hydrogen-bond acceptors (Lipinski definition) is 4. The lowest BCUT2D eigenvalue weighted by Gasteiger charge is -2.10. The van der Waals surface area contributed by atoms with E-state index < -0.39 is 0 Å². The lowest BCUT2D eigenvalue weighted by Crippen LogP contribution is -2.06. The number of nitrogens with two attached hydrogens (primary N) is 1. The van der Waals surface area contributed by atoms with Gasteiger partial charge in [0.2, 0.25) is 5.88 Å². The SMILES string of the molecule is COc1nc(CCCN)cnc1CC(C)C. The van der Waals surface area contributed by atoms with Crippen molar-refractivity contribution >= 4 is 0 Å². The van der Waals surface area contributed by atoms with Gasteiger partial charge in [0.1, 0.15) is 5.69 Å². The maximum atomic E-state index is 5.46. The quantitative estimate of drug-likeness (QED) is 0.795. The largest absolute Gasteiger partial charge is 0.480 e.